The Bertz CT molecular complexity index is 724. The van der Waals surface area contributed by atoms with Crippen molar-refractivity contribution in [3.05, 3.63) is 59.7 Å². The van der Waals surface area contributed by atoms with Crippen molar-refractivity contribution in [1.29, 1.82) is 16.2 Å². The fourth-order valence-corrected chi connectivity index (χ4v) is 2.22. The van der Waals surface area contributed by atoms with Crippen LogP contribution >= 0.6 is 12.2 Å². The summed E-state index contributed by atoms with van der Waals surface area (Å²) in [5, 5.41) is 22.0. The fourth-order valence-electron chi connectivity index (χ4n) is 2.22. The van der Waals surface area contributed by atoms with Crippen molar-refractivity contribution in [1.82, 2.24) is 0 Å². The van der Waals surface area contributed by atoms with Crippen LogP contribution in [0.5, 0.6) is 11.5 Å². The van der Waals surface area contributed by atoms with Crippen LogP contribution in [-0.2, 0) is 0 Å². The first kappa shape index (κ1) is 22.8. The summed E-state index contributed by atoms with van der Waals surface area (Å²) in [6.45, 7) is 1.29. The van der Waals surface area contributed by atoms with Crippen LogP contribution in [0.4, 0.5) is 0 Å². The summed E-state index contributed by atoms with van der Waals surface area (Å²) in [6.07, 6.45) is 2.90. The quantitative estimate of drug-likeness (QED) is 0.180. The molecule has 148 valence electrons. The molecule has 28 heavy (non-hydrogen) atoms. The molecule has 7 nitrogen and oxygen atoms in total. The maximum Gasteiger partial charge on any atom is 0.122 e. The third-order valence-electron chi connectivity index (χ3n) is 3.66. The van der Waals surface area contributed by atoms with E-state index in [-0.39, 0.29) is 11.7 Å². The maximum atomic E-state index is 7.34. The number of hydrogen-bond acceptors (Lipinski definition) is 6. The molecule has 0 radical (unpaired) electrons. The van der Waals surface area contributed by atoms with Crippen molar-refractivity contribution < 1.29 is 9.47 Å². The van der Waals surface area contributed by atoms with Gasteiger partial charge in [0, 0.05) is 11.1 Å². The summed E-state index contributed by atoms with van der Waals surface area (Å²) in [5.74, 6) is 1.68. The van der Waals surface area contributed by atoms with Gasteiger partial charge in [-0.05, 0) is 80.0 Å². The average molecular weight is 400 g/mol. The molecule has 0 saturated heterocycles. The molecule has 0 bridgehead atoms. The molecule has 0 spiro atoms. The van der Waals surface area contributed by atoms with Crippen LogP contribution in [0.15, 0.2) is 48.5 Å². The number of unbranched alkanes of at least 4 members (excludes halogenated alkanes) is 2. The highest BCUT2D eigenvalue weighted by Gasteiger charge is 1.99. The van der Waals surface area contributed by atoms with Gasteiger partial charge in [-0.25, -0.2) is 5.41 Å². The van der Waals surface area contributed by atoms with E-state index in [4.69, 9.17) is 37.2 Å². The number of nitrogen functional groups attached to an aromatic ring is 2. The van der Waals surface area contributed by atoms with E-state index in [0.717, 1.165) is 30.8 Å². The zero-order chi connectivity index (χ0) is 20.8. The number of benzene rings is 2. The van der Waals surface area contributed by atoms with Gasteiger partial charge in [0.1, 0.15) is 23.2 Å². The number of amidine groups is 2. The van der Waals surface area contributed by atoms with Gasteiger partial charge in [-0.3, -0.25) is 10.8 Å². The lowest BCUT2D eigenvalue weighted by molar-refractivity contribution is 0.279. The molecule has 2 rings (SSSR count). The van der Waals surface area contributed by atoms with Gasteiger partial charge < -0.3 is 20.9 Å². The molecule has 0 aliphatic carbocycles. The Morgan fingerprint density at radius 2 is 1.07 bits per heavy atom. The monoisotopic (exact) mass is 399 g/mol. The van der Waals surface area contributed by atoms with Crippen LogP contribution in [-0.4, -0.2) is 30.0 Å². The van der Waals surface area contributed by atoms with Crippen molar-refractivity contribution in [3.63, 3.8) is 0 Å². The zero-order valence-corrected chi connectivity index (χ0v) is 16.4. The molecule has 0 aromatic heterocycles. The van der Waals surface area contributed by atoms with E-state index in [0.29, 0.717) is 24.3 Å². The first-order chi connectivity index (χ1) is 13.5. The Morgan fingerprint density at radius 1 is 0.750 bits per heavy atom. The Labute approximate surface area is 170 Å². The number of nitrogens with one attached hydrogen (secondary N) is 3. The van der Waals surface area contributed by atoms with Crippen LogP contribution in [0, 0.1) is 16.2 Å². The molecular formula is C20H25N5O2S. The Morgan fingerprint density at radius 3 is 1.36 bits per heavy atom. The van der Waals surface area contributed by atoms with Gasteiger partial charge in [-0.1, -0.05) is 0 Å². The molecule has 0 amide bonds. The van der Waals surface area contributed by atoms with E-state index in [2.05, 4.69) is 12.2 Å². The van der Waals surface area contributed by atoms with Gasteiger partial charge in [-0.2, -0.15) is 0 Å². The number of rotatable bonds is 10. The Hall–Kier alpha value is -3.22. The largest absolute Gasteiger partial charge is 0.494 e. The molecule has 0 fully saturated rings. The first-order valence-corrected chi connectivity index (χ1v) is 9.07. The summed E-state index contributed by atoms with van der Waals surface area (Å²) in [7, 11) is 0. The molecule has 0 heterocycles. The van der Waals surface area contributed by atoms with Gasteiger partial charge in [0.25, 0.3) is 0 Å². The van der Waals surface area contributed by atoms with Crippen molar-refractivity contribution in [2.24, 2.45) is 11.5 Å². The normalized spacial score (nSPS) is 9.43. The van der Waals surface area contributed by atoms with Crippen molar-refractivity contribution in [3.8, 4) is 11.5 Å². The van der Waals surface area contributed by atoms with E-state index in [1.165, 1.54) is 0 Å². The molecule has 0 aliphatic heterocycles. The van der Waals surface area contributed by atoms with E-state index in [1.807, 2.05) is 24.3 Å². The van der Waals surface area contributed by atoms with Crippen molar-refractivity contribution >= 4 is 29.1 Å². The van der Waals surface area contributed by atoms with Crippen LogP contribution < -0.4 is 20.9 Å². The predicted molar refractivity (Wildman–Crippen MR) is 115 cm³/mol. The molecule has 8 heteroatoms. The summed E-state index contributed by atoms with van der Waals surface area (Å²) in [6, 6.07) is 14.4. The van der Waals surface area contributed by atoms with Crippen molar-refractivity contribution in [2.45, 2.75) is 19.3 Å². The standard InChI is InChI=1S/C19H24N4O2.CHNS/c20-18(21)14-4-8-16(9-5-14)24-12-2-1-3-13-25-17-10-6-15(7-11-17)19(22)23;2-1-3/h4-11H,1-3,12-13H2,(H3,20,21)(H3,22,23);2H. The molecule has 7 N–H and O–H groups in total. The first-order valence-electron chi connectivity index (χ1n) is 8.66. The van der Waals surface area contributed by atoms with Gasteiger partial charge in [0.2, 0.25) is 0 Å². The van der Waals surface area contributed by atoms with E-state index in [9.17, 15) is 0 Å². The van der Waals surface area contributed by atoms with Crippen LogP contribution in [0.3, 0.4) is 0 Å². The second kappa shape index (κ2) is 13.0. The highest BCUT2D eigenvalue weighted by Crippen LogP contribution is 2.14. The van der Waals surface area contributed by atoms with E-state index >= 15 is 0 Å². The minimum atomic E-state index is 0.0579. The highest BCUT2D eigenvalue weighted by molar-refractivity contribution is 7.78. The lowest BCUT2D eigenvalue weighted by Gasteiger charge is -2.08. The fraction of sp³-hybridized carbons (Fsp3) is 0.250. The second-order valence-corrected chi connectivity index (χ2v) is 5.94. The third-order valence-corrected chi connectivity index (χ3v) is 3.66. The summed E-state index contributed by atoms with van der Waals surface area (Å²) >= 11 is 3.81. The molecule has 0 saturated carbocycles. The summed E-state index contributed by atoms with van der Waals surface area (Å²) in [4.78, 5) is 0. The number of hydrogen-bond donors (Lipinski definition) is 5. The number of nitrogens with two attached hydrogens (primary N) is 2. The molecule has 2 aromatic carbocycles. The van der Waals surface area contributed by atoms with Gasteiger partial charge in [0.15, 0.2) is 0 Å². The lowest BCUT2D eigenvalue weighted by atomic mass is 10.2. The van der Waals surface area contributed by atoms with Gasteiger partial charge in [-0.15, -0.1) is 0 Å². The van der Waals surface area contributed by atoms with E-state index < -0.39 is 0 Å². The number of thiocarbonyl (C=S) groups is 1. The maximum absolute atomic E-state index is 7.34. The van der Waals surface area contributed by atoms with Crippen LogP contribution in [0.2, 0.25) is 0 Å². The van der Waals surface area contributed by atoms with E-state index in [1.54, 1.807) is 29.4 Å². The average Bonchev–Trinajstić information content (AvgIpc) is 2.68. The zero-order valence-electron chi connectivity index (χ0n) is 15.5. The van der Waals surface area contributed by atoms with Crippen molar-refractivity contribution in [2.75, 3.05) is 13.2 Å². The highest BCUT2D eigenvalue weighted by atomic mass is 32.1. The molecular weight excluding hydrogens is 374 g/mol. The Balaban J connectivity index is 0.00000122. The molecule has 0 aliphatic rings. The number of ether oxygens (including phenoxy) is 2. The smallest absolute Gasteiger partial charge is 0.122 e. The lowest BCUT2D eigenvalue weighted by Crippen LogP contribution is -2.10. The van der Waals surface area contributed by atoms with Crippen LogP contribution in [0.1, 0.15) is 30.4 Å². The Kier molecular flexibility index (Phi) is 10.6. The summed E-state index contributed by atoms with van der Waals surface area (Å²) < 4.78 is 11.3. The predicted octanol–water partition coefficient (Wildman–Crippen LogP) is 3.55. The van der Waals surface area contributed by atoms with Crippen LogP contribution in [0.25, 0.3) is 0 Å². The molecule has 0 atom stereocenters. The third kappa shape index (κ3) is 8.93. The minimum absolute atomic E-state index is 0.0579. The minimum Gasteiger partial charge on any atom is -0.494 e. The molecule has 2 aromatic rings. The van der Waals surface area contributed by atoms with Gasteiger partial charge in [0.05, 0.1) is 18.4 Å². The topological polar surface area (TPSA) is 142 Å². The molecule has 0 unspecified atom stereocenters. The SMILES string of the molecule is N=C(N)c1ccc(OCCCCCOc2ccc(C(=N)N)cc2)cc1.N=C=S. The number of isothiocyanates is 1. The van der Waals surface area contributed by atoms with Gasteiger partial charge >= 0.3 is 0 Å². The summed E-state index contributed by atoms with van der Waals surface area (Å²) in [5.41, 5.74) is 12.2. The second-order valence-electron chi connectivity index (χ2n) is 5.74.